The number of nitrogens with zero attached hydrogens (tertiary/aromatic N) is 7. The van der Waals surface area contributed by atoms with Crippen LogP contribution in [0.4, 0.5) is 0 Å². The maximum absolute atomic E-state index is 9.24. The number of nitrogens with one attached hydrogen (secondary N) is 2. The number of aromatic hydroxyl groups is 5. The summed E-state index contributed by atoms with van der Waals surface area (Å²) in [6, 6.07) is 34.3. The van der Waals surface area contributed by atoms with Crippen molar-refractivity contribution in [3.8, 4) is 57.6 Å². The highest BCUT2D eigenvalue weighted by Gasteiger charge is 2.11. The van der Waals surface area contributed by atoms with Crippen LogP contribution in [0.3, 0.4) is 0 Å². The fourth-order valence-electron chi connectivity index (χ4n) is 3.98. The maximum atomic E-state index is 9.24. The molecule has 5 aromatic carbocycles. The second kappa shape index (κ2) is 19.2. The van der Waals surface area contributed by atoms with Gasteiger partial charge in [0.2, 0.25) is 11.6 Å². The van der Waals surface area contributed by atoms with E-state index in [2.05, 4.69) is 41.4 Å². The minimum Gasteiger partial charge on any atom is -0.508 e. The van der Waals surface area contributed by atoms with Crippen molar-refractivity contribution in [1.82, 2.24) is 31.2 Å². The third kappa shape index (κ3) is 11.1. The van der Waals surface area contributed by atoms with Crippen molar-refractivity contribution < 1.29 is 25.5 Å². The van der Waals surface area contributed by atoms with Crippen LogP contribution >= 0.6 is 0 Å². The van der Waals surface area contributed by atoms with Crippen LogP contribution < -0.4 is 10.9 Å². The normalized spacial score (nSPS) is 10.8. The molecule has 0 saturated heterocycles. The largest absolute Gasteiger partial charge is 0.508 e. The van der Waals surface area contributed by atoms with Gasteiger partial charge in [0, 0.05) is 32.2 Å². The van der Waals surface area contributed by atoms with Crippen LogP contribution in [0.5, 0.6) is 28.7 Å². The summed E-state index contributed by atoms with van der Waals surface area (Å²) in [7, 11) is 0. The molecule has 0 fully saturated rings. The third-order valence-electron chi connectivity index (χ3n) is 6.55. The number of hydrogen-bond acceptors (Lipinski definition) is 16. The molecule has 0 bridgehead atoms. The van der Waals surface area contributed by atoms with Crippen molar-refractivity contribution in [2.24, 2.45) is 10.2 Å². The standard InChI is InChI=1S/C14H12N4O2.C14H10N4O2.C7H5NO.CH4.O2/c2*19-11-5-1-9(2-6-11)13-15-17-14(18-16-13)10-3-7-12(20)8-4-10;8-5-6-1-3-7(9)4-2-6;;1-2/h1-8,19-20H,(H,15,16)(H,17,18);1-8,19-20H;1-4,9H;1H4;. The first-order valence-corrected chi connectivity index (χ1v) is 14.6. The second-order valence-electron chi connectivity index (χ2n) is 10.0. The number of benzene rings is 5. The number of phenols is 5. The van der Waals surface area contributed by atoms with Crippen molar-refractivity contribution in [2.75, 3.05) is 0 Å². The maximum Gasteiger partial charge on any atom is 0.203 e. The first kappa shape index (κ1) is 38.5. The molecule has 52 heavy (non-hydrogen) atoms. The van der Waals surface area contributed by atoms with E-state index in [4.69, 9.17) is 20.3 Å². The summed E-state index contributed by atoms with van der Waals surface area (Å²) in [5.41, 5.74) is 9.32. The summed E-state index contributed by atoms with van der Waals surface area (Å²) < 4.78 is 0. The SMILES string of the molecule is C.N#Cc1ccc(O)cc1.O=O.Oc1ccc(-c2nnc(-c3ccc(O)cc3)nn2)cc1.Oc1ccc(C2=NNC(c3ccc(O)cc3)=NN2)cc1. The number of hydrogen-bond donors (Lipinski definition) is 7. The van der Waals surface area contributed by atoms with Gasteiger partial charge in [0.25, 0.3) is 0 Å². The van der Waals surface area contributed by atoms with Gasteiger partial charge < -0.3 is 25.5 Å². The van der Waals surface area contributed by atoms with Gasteiger partial charge in [-0.2, -0.15) is 15.5 Å². The Kier molecular flexibility index (Phi) is 14.2. The molecule has 0 radical (unpaired) electrons. The summed E-state index contributed by atoms with van der Waals surface area (Å²) in [5.74, 6) is 2.83. The lowest BCUT2D eigenvalue weighted by Crippen LogP contribution is -2.34. The van der Waals surface area contributed by atoms with Crippen molar-refractivity contribution in [3.63, 3.8) is 0 Å². The third-order valence-corrected chi connectivity index (χ3v) is 6.55. The molecular weight excluding hydrogens is 670 g/mol. The minimum atomic E-state index is 0. The molecule has 7 rings (SSSR count). The summed E-state index contributed by atoms with van der Waals surface area (Å²) in [6.45, 7) is 0. The van der Waals surface area contributed by atoms with E-state index in [0.717, 1.165) is 22.3 Å². The molecule has 1 aliphatic rings. The van der Waals surface area contributed by atoms with E-state index in [1.54, 1.807) is 109 Å². The van der Waals surface area contributed by atoms with Gasteiger partial charge in [-0.1, -0.05) is 7.43 Å². The van der Waals surface area contributed by atoms with Gasteiger partial charge in [-0.15, -0.1) is 20.4 Å². The highest BCUT2D eigenvalue weighted by Crippen LogP contribution is 2.20. The molecule has 0 unspecified atom stereocenters. The predicted molar refractivity (Wildman–Crippen MR) is 194 cm³/mol. The minimum absolute atomic E-state index is 0. The van der Waals surface area contributed by atoms with E-state index < -0.39 is 0 Å². The first-order valence-electron chi connectivity index (χ1n) is 14.6. The zero-order chi connectivity index (χ0) is 36.6. The van der Waals surface area contributed by atoms with Crippen LogP contribution in [0.25, 0.3) is 22.8 Å². The van der Waals surface area contributed by atoms with E-state index in [-0.39, 0.29) is 36.2 Å². The zero-order valence-corrected chi connectivity index (χ0v) is 26.2. The highest BCUT2D eigenvalue weighted by molar-refractivity contribution is 6.06. The molecule has 1 aromatic heterocycles. The molecule has 0 spiro atoms. The van der Waals surface area contributed by atoms with Crippen molar-refractivity contribution >= 4 is 11.7 Å². The number of nitriles is 1. The van der Waals surface area contributed by atoms with Crippen LogP contribution in [0, 0.1) is 21.3 Å². The molecule has 0 aliphatic carbocycles. The molecule has 262 valence electrons. The van der Waals surface area contributed by atoms with Gasteiger partial charge in [-0.3, -0.25) is 10.9 Å². The molecule has 7 N–H and O–H groups in total. The monoisotopic (exact) mass is 701 g/mol. The zero-order valence-electron chi connectivity index (χ0n) is 26.2. The van der Waals surface area contributed by atoms with E-state index in [1.165, 1.54) is 12.1 Å². The average Bonchev–Trinajstić information content (AvgIpc) is 3.18. The number of aromatic nitrogens is 4. The van der Waals surface area contributed by atoms with Crippen molar-refractivity contribution in [3.05, 3.63) is 148 Å². The molecule has 16 heteroatoms. The summed E-state index contributed by atoms with van der Waals surface area (Å²) in [5, 5.41) is 78.4. The van der Waals surface area contributed by atoms with Crippen LogP contribution in [0.1, 0.15) is 24.1 Å². The Bertz CT molecular complexity index is 1980. The van der Waals surface area contributed by atoms with Gasteiger partial charge in [0.1, 0.15) is 28.7 Å². The molecule has 0 saturated carbocycles. The van der Waals surface area contributed by atoms with Gasteiger partial charge in [-0.25, -0.2) is 0 Å². The van der Waals surface area contributed by atoms with Crippen LogP contribution in [0.15, 0.2) is 132 Å². The van der Waals surface area contributed by atoms with Gasteiger partial charge >= 0.3 is 0 Å². The Morgan fingerprint density at radius 1 is 0.423 bits per heavy atom. The van der Waals surface area contributed by atoms with E-state index in [0.29, 0.717) is 28.9 Å². The second-order valence-corrected chi connectivity index (χ2v) is 10.0. The van der Waals surface area contributed by atoms with Crippen molar-refractivity contribution in [1.29, 1.82) is 5.26 Å². The summed E-state index contributed by atoms with van der Waals surface area (Å²) >= 11 is 0. The Balaban J connectivity index is 0.000000217. The lowest BCUT2D eigenvalue weighted by molar-refractivity contribution is 0.474. The number of hydrazone groups is 2. The van der Waals surface area contributed by atoms with Crippen LogP contribution in [0.2, 0.25) is 0 Å². The Labute approximate surface area is 296 Å². The fraction of sp³-hybridized carbons (Fsp3) is 0.0278. The van der Waals surface area contributed by atoms with Crippen molar-refractivity contribution in [2.45, 2.75) is 7.43 Å². The molecular formula is C36H31N9O7. The number of amidine groups is 2. The van der Waals surface area contributed by atoms with Gasteiger partial charge in [0.15, 0.2) is 11.7 Å². The predicted octanol–water partition coefficient (Wildman–Crippen LogP) is 5.29. The molecule has 2 heterocycles. The topological polar surface area (TPSA) is 259 Å². The van der Waals surface area contributed by atoms with Crippen LogP contribution in [-0.2, 0) is 0 Å². The Hall–Kier alpha value is -7.93. The summed E-state index contributed by atoms with van der Waals surface area (Å²) in [6.07, 6.45) is 0. The first-order chi connectivity index (χ1) is 24.8. The highest BCUT2D eigenvalue weighted by atomic mass is 16.7. The van der Waals surface area contributed by atoms with E-state index >= 15 is 0 Å². The quantitative estimate of drug-likeness (QED) is 0.123. The lowest BCUT2D eigenvalue weighted by atomic mass is 10.2. The van der Waals surface area contributed by atoms with E-state index in [1.807, 2.05) is 6.07 Å². The lowest BCUT2D eigenvalue weighted by Gasteiger charge is -2.15. The van der Waals surface area contributed by atoms with E-state index in [9.17, 15) is 20.4 Å². The molecule has 16 nitrogen and oxygen atoms in total. The fourth-order valence-corrected chi connectivity index (χ4v) is 3.98. The van der Waals surface area contributed by atoms with Gasteiger partial charge in [-0.05, 0) is 121 Å². The van der Waals surface area contributed by atoms with Gasteiger partial charge in [0.05, 0.1) is 11.6 Å². The Morgan fingerprint density at radius 2 is 0.673 bits per heavy atom. The van der Waals surface area contributed by atoms with Crippen LogP contribution in [-0.4, -0.2) is 57.6 Å². The molecule has 0 atom stereocenters. The Morgan fingerprint density at radius 3 is 0.923 bits per heavy atom. The molecule has 1 aliphatic heterocycles. The number of rotatable bonds is 4. The average molecular weight is 702 g/mol. The summed E-state index contributed by atoms with van der Waals surface area (Å²) in [4.78, 5) is 14.0. The number of phenolic OH excluding ortho intramolecular Hbond substituents is 5. The molecule has 6 aromatic rings. The molecule has 0 amide bonds. The smallest absolute Gasteiger partial charge is 0.203 e.